The lowest BCUT2D eigenvalue weighted by Gasteiger charge is -2.45. The predicted molar refractivity (Wildman–Crippen MR) is 184 cm³/mol. The maximum absolute atomic E-state index is 6.90. The maximum Gasteiger partial charge on any atom is 0.126 e. The summed E-state index contributed by atoms with van der Waals surface area (Å²) in [5, 5.41) is 0.393. The summed E-state index contributed by atoms with van der Waals surface area (Å²) < 4.78 is 31.4. The van der Waals surface area contributed by atoms with Crippen LogP contribution < -0.4 is 14.2 Å². The van der Waals surface area contributed by atoms with Crippen LogP contribution in [0.15, 0.2) is 97.1 Å². The van der Waals surface area contributed by atoms with Gasteiger partial charge in [0.15, 0.2) is 0 Å². The summed E-state index contributed by atoms with van der Waals surface area (Å²) in [6.07, 6.45) is 1.46. The van der Waals surface area contributed by atoms with Crippen molar-refractivity contribution in [2.75, 3.05) is 20.8 Å². The minimum Gasteiger partial charge on any atom is -0.496 e. The lowest BCUT2D eigenvalue weighted by Crippen LogP contribution is -2.48. The Hall–Kier alpha value is -3.45. The van der Waals surface area contributed by atoms with Crippen molar-refractivity contribution >= 4 is 11.8 Å². The van der Waals surface area contributed by atoms with Gasteiger partial charge in [0.1, 0.15) is 23.4 Å². The highest BCUT2D eigenvalue weighted by atomic mass is 32.2. The van der Waals surface area contributed by atoms with Gasteiger partial charge in [-0.1, -0.05) is 86.6 Å². The summed E-state index contributed by atoms with van der Waals surface area (Å²) in [6.45, 7) is 8.28. The number of hydrogen-bond acceptors (Lipinski definition) is 6. The normalized spacial score (nSPS) is 21.3. The molecule has 0 amide bonds. The van der Waals surface area contributed by atoms with Crippen LogP contribution in [0.1, 0.15) is 60.3 Å². The van der Waals surface area contributed by atoms with E-state index in [1.807, 2.05) is 49.0 Å². The van der Waals surface area contributed by atoms with E-state index < -0.39 is 0 Å². The molecule has 0 N–H and O–H groups in total. The summed E-state index contributed by atoms with van der Waals surface area (Å²) in [7, 11) is 3.46. The van der Waals surface area contributed by atoms with E-state index in [-0.39, 0.29) is 17.5 Å². The number of thioether (sulfide) groups is 1. The number of benzene rings is 4. The molecule has 0 aliphatic carbocycles. The van der Waals surface area contributed by atoms with Crippen molar-refractivity contribution in [1.82, 2.24) is 0 Å². The van der Waals surface area contributed by atoms with Crippen LogP contribution >= 0.6 is 11.8 Å². The fourth-order valence-electron chi connectivity index (χ4n) is 6.20. The Morgan fingerprint density at radius 2 is 1.27 bits per heavy atom. The second-order valence-electron chi connectivity index (χ2n) is 11.5. The second-order valence-corrected chi connectivity index (χ2v) is 12.9. The van der Waals surface area contributed by atoms with E-state index in [2.05, 4.69) is 80.6 Å². The van der Waals surface area contributed by atoms with Crippen molar-refractivity contribution in [2.45, 2.75) is 69.5 Å². The van der Waals surface area contributed by atoms with Crippen molar-refractivity contribution in [2.24, 2.45) is 5.92 Å². The first-order valence-corrected chi connectivity index (χ1v) is 16.9. The molecule has 0 saturated carbocycles. The molecule has 0 spiro atoms. The maximum atomic E-state index is 6.90. The van der Waals surface area contributed by atoms with Crippen molar-refractivity contribution in [3.63, 3.8) is 0 Å². The van der Waals surface area contributed by atoms with Crippen LogP contribution in [0.4, 0.5) is 0 Å². The molecule has 5 rings (SSSR count). The SMILES string of the molecule is CCOc1ccc(Cc2cc([C@@H]3S[C@H](CC)[C@@H](C)[C@H](OCc4ccccc4)[C@H]3OCc3ccccc3)c(OC)cc2OC)cc1. The molecular formula is C39H46O5S. The molecule has 0 aromatic heterocycles. The van der Waals surface area contributed by atoms with Gasteiger partial charge in [0.25, 0.3) is 0 Å². The number of methoxy groups -OCH3 is 2. The fraction of sp³-hybridized carbons (Fsp3) is 0.385. The Balaban J connectivity index is 1.53. The fourth-order valence-corrected chi connectivity index (χ4v) is 7.89. The van der Waals surface area contributed by atoms with Crippen LogP contribution in [0, 0.1) is 5.92 Å². The second kappa shape index (κ2) is 16.2. The molecule has 1 heterocycles. The summed E-state index contributed by atoms with van der Waals surface area (Å²) in [5.41, 5.74) is 5.71. The van der Waals surface area contributed by atoms with Crippen LogP contribution in [-0.2, 0) is 29.1 Å². The molecule has 1 saturated heterocycles. The molecule has 1 aliphatic rings. The Morgan fingerprint density at radius 1 is 0.667 bits per heavy atom. The minimum absolute atomic E-state index is 0.00410. The van der Waals surface area contributed by atoms with Crippen molar-refractivity contribution in [1.29, 1.82) is 0 Å². The first-order chi connectivity index (χ1) is 22.0. The van der Waals surface area contributed by atoms with Gasteiger partial charge in [-0.2, -0.15) is 0 Å². The zero-order valence-corrected chi connectivity index (χ0v) is 27.9. The molecule has 4 aromatic carbocycles. The molecule has 238 valence electrons. The molecule has 5 nitrogen and oxygen atoms in total. The Bertz CT molecular complexity index is 1460. The van der Waals surface area contributed by atoms with Gasteiger partial charge in [-0.05, 0) is 59.7 Å². The summed E-state index contributed by atoms with van der Waals surface area (Å²) >= 11 is 1.98. The molecule has 4 aromatic rings. The van der Waals surface area contributed by atoms with Gasteiger partial charge in [-0.15, -0.1) is 11.8 Å². The number of hydrogen-bond donors (Lipinski definition) is 0. The van der Waals surface area contributed by atoms with Crippen molar-refractivity contribution in [3.05, 3.63) is 125 Å². The standard InChI is InChI=1S/C39H46O5S/c1-6-36-27(3)37(43-25-29-14-10-8-11-15-29)38(44-26-30-16-12-9-13-17-30)39(45-36)33-23-31(34(40-4)24-35(33)41-5)22-28-18-20-32(21-19-28)42-7-2/h8-21,23-24,27,36-39H,6-7,22,25-26H2,1-5H3/t27-,36-,37+,38-,39+/m1/s1. The van der Waals surface area contributed by atoms with E-state index in [4.69, 9.17) is 23.7 Å². The van der Waals surface area contributed by atoms with E-state index in [9.17, 15) is 0 Å². The first-order valence-electron chi connectivity index (χ1n) is 16.0. The van der Waals surface area contributed by atoms with Crippen LogP contribution in [0.3, 0.4) is 0 Å². The quantitative estimate of drug-likeness (QED) is 0.139. The zero-order valence-electron chi connectivity index (χ0n) is 27.1. The Kier molecular flexibility index (Phi) is 11.9. The minimum atomic E-state index is -0.197. The largest absolute Gasteiger partial charge is 0.496 e. The monoisotopic (exact) mass is 626 g/mol. The predicted octanol–water partition coefficient (Wildman–Crippen LogP) is 9.07. The summed E-state index contributed by atoms with van der Waals surface area (Å²) in [6, 6.07) is 33.4. The van der Waals surface area contributed by atoms with Crippen LogP contribution in [0.25, 0.3) is 0 Å². The lowest BCUT2D eigenvalue weighted by molar-refractivity contribution is -0.112. The average Bonchev–Trinajstić information content (AvgIpc) is 3.08. The highest BCUT2D eigenvalue weighted by Crippen LogP contribution is 2.52. The van der Waals surface area contributed by atoms with Gasteiger partial charge < -0.3 is 23.7 Å². The third kappa shape index (κ3) is 8.23. The molecule has 1 aliphatic heterocycles. The molecule has 0 radical (unpaired) electrons. The van der Waals surface area contributed by atoms with Crippen molar-refractivity contribution in [3.8, 4) is 17.2 Å². The third-order valence-electron chi connectivity index (χ3n) is 8.59. The smallest absolute Gasteiger partial charge is 0.126 e. The van der Waals surface area contributed by atoms with E-state index >= 15 is 0 Å². The van der Waals surface area contributed by atoms with E-state index in [0.29, 0.717) is 31.0 Å². The van der Waals surface area contributed by atoms with Gasteiger partial charge in [0.05, 0.1) is 45.4 Å². The summed E-state index contributed by atoms with van der Waals surface area (Å²) in [4.78, 5) is 0. The number of ether oxygens (including phenoxy) is 5. The van der Waals surface area contributed by atoms with Crippen molar-refractivity contribution < 1.29 is 23.7 Å². The number of rotatable bonds is 14. The van der Waals surface area contributed by atoms with Gasteiger partial charge >= 0.3 is 0 Å². The summed E-state index contributed by atoms with van der Waals surface area (Å²) in [5.74, 6) is 2.79. The highest BCUT2D eigenvalue weighted by molar-refractivity contribution is 8.00. The van der Waals surface area contributed by atoms with Gasteiger partial charge in [-0.25, -0.2) is 0 Å². The Labute approximate surface area is 273 Å². The lowest BCUT2D eigenvalue weighted by atomic mass is 9.88. The van der Waals surface area contributed by atoms with Crippen LogP contribution in [-0.4, -0.2) is 38.3 Å². The molecule has 6 heteroatoms. The topological polar surface area (TPSA) is 46.2 Å². The molecular weight excluding hydrogens is 580 g/mol. The van der Waals surface area contributed by atoms with Crippen LogP contribution in [0.2, 0.25) is 0 Å². The van der Waals surface area contributed by atoms with Gasteiger partial charge in [-0.3, -0.25) is 0 Å². The average molecular weight is 627 g/mol. The van der Waals surface area contributed by atoms with Gasteiger partial charge in [0, 0.05) is 23.3 Å². The van der Waals surface area contributed by atoms with Crippen LogP contribution in [0.5, 0.6) is 17.2 Å². The molecule has 5 atom stereocenters. The molecule has 0 unspecified atom stereocenters. The first kappa shape index (κ1) is 32.9. The Morgan fingerprint density at radius 3 is 1.82 bits per heavy atom. The third-order valence-corrected chi connectivity index (χ3v) is 10.5. The highest BCUT2D eigenvalue weighted by Gasteiger charge is 2.46. The molecule has 45 heavy (non-hydrogen) atoms. The van der Waals surface area contributed by atoms with E-state index in [1.54, 1.807) is 14.2 Å². The van der Waals surface area contributed by atoms with E-state index in [0.717, 1.165) is 52.3 Å². The van der Waals surface area contributed by atoms with E-state index in [1.165, 1.54) is 5.56 Å². The molecule has 0 bridgehead atoms. The van der Waals surface area contributed by atoms with Gasteiger partial charge in [0.2, 0.25) is 0 Å². The molecule has 1 fully saturated rings. The zero-order chi connectivity index (χ0) is 31.6.